The van der Waals surface area contributed by atoms with Crippen LogP contribution in [0.15, 0.2) is 76.7 Å². The summed E-state index contributed by atoms with van der Waals surface area (Å²) in [6.45, 7) is 7.03. The Kier molecular flexibility index (Phi) is 6.45. The predicted octanol–water partition coefficient (Wildman–Crippen LogP) is 5.28. The molecule has 3 aromatic carbocycles. The summed E-state index contributed by atoms with van der Waals surface area (Å²) >= 11 is 0. The highest BCUT2D eigenvalue weighted by Crippen LogP contribution is 2.33. The number of aromatic nitrogens is 2. The van der Waals surface area contributed by atoms with Crippen molar-refractivity contribution in [1.82, 2.24) is 19.8 Å². The summed E-state index contributed by atoms with van der Waals surface area (Å²) in [5, 5.41) is 0. The fourth-order valence-corrected chi connectivity index (χ4v) is 5.55. The van der Waals surface area contributed by atoms with Crippen molar-refractivity contribution in [3.8, 4) is 16.9 Å². The number of nitrogens with zero attached hydrogens (tertiary/aromatic N) is 5. The van der Waals surface area contributed by atoms with E-state index < -0.39 is 0 Å². The lowest BCUT2D eigenvalue weighted by atomic mass is 9.91. The van der Waals surface area contributed by atoms with E-state index in [0.717, 1.165) is 64.9 Å². The zero-order valence-corrected chi connectivity index (χ0v) is 22.5. The van der Waals surface area contributed by atoms with Crippen molar-refractivity contribution >= 4 is 22.6 Å². The minimum Gasteiger partial charge on any atom is -0.491 e. The number of likely N-dealkylation sites (N-methyl/N-ethyl adjacent to an activating group) is 1. The molecule has 7 heteroatoms. The summed E-state index contributed by atoms with van der Waals surface area (Å²) < 4.78 is 6.24. The Bertz CT molecular complexity index is 1520. The summed E-state index contributed by atoms with van der Waals surface area (Å²) in [5.74, 6) is 2.98. The number of aryl methyl sites for hydroxylation is 1. The van der Waals surface area contributed by atoms with E-state index in [1.54, 1.807) is 0 Å². The van der Waals surface area contributed by atoms with Crippen LogP contribution in [0.4, 0.5) is 0 Å². The number of nitrogens with one attached hydrogen (secondary N) is 1. The molecule has 4 aromatic rings. The zero-order valence-electron chi connectivity index (χ0n) is 22.5. The molecule has 0 saturated carbocycles. The van der Waals surface area contributed by atoms with E-state index in [1.807, 2.05) is 6.92 Å². The van der Waals surface area contributed by atoms with Crippen LogP contribution in [-0.2, 0) is 6.54 Å². The van der Waals surface area contributed by atoms with Gasteiger partial charge in [-0.1, -0.05) is 42.5 Å². The Morgan fingerprint density at radius 2 is 1.76 bits per heavy atom. The van der Waals surface area contributed by atoms with Crippen LogP contribution in [0, 0.1) is 6.92 Å². The molecule has 0 fully saturated rings. The molecule has 1 aromatic heterocycles. The highest BCUT2D eigenvalue weighted by atomic mass is 16.5. The second-order valence-electron chi connectivity index (χ2n) is 10.5. The molecule has 2 atom stereocenters. The first-order chi connectivity index (χ1) is 18.4. The molecular formula is C31H34N6O. The summed E-state index contributed by atoms with van der Waals surface area (Å²) in [6.07, 6.45) is -0.112. The molecule has 0 spiro atoms. The Morgan fingerprint density at radius 1 is 0.974 bits per heavy atom. The molecule has 0 amide bonds. The number of hydrogen-bond acceptors (Lipinski definition) is 6. The van der Waals surface area contributed by atoms with Crippen molar-refractivity contribution in [2.75, 3.05) is 33.8 Å². The molecule has 0 aliphatic carbocycles. The summed E-state index contributed by atoms with van der Waals surface area (Å²) in [7, 11) is 4.14. The molecule has 0 radical (unpaired) electrons. The Hall–Kier alpha value is -3.97. The zero-order chi connectivity index (χ0) is 26.2. The Labute approximate surface area is 223 Å². The monoisotopic (exact) mass is 506 g/mol. The van der Waals surface area contributed by atoms with Crippen molar-refractivity contribution in [3.63, 3.8) is 0 Å². The largest absolute Gasteiger partial charge is 0.491 e. The smallest absolute Gasteiger partial charge is 0.154 e. The SMILES string of the molecule is CC1=NC(CN(C)C)N=C(N2CCOc3ccc(-c4ccc5nc(C)[nH]c5c4)cc3C2)C1c1ccccc1. The van der Waals surface area contributed by atoms with E-state index in [2.05, 4.69) is 108 Å². The van der Waals surface area contributed by atoms with Gasteiger partial charge in [0, 0.05) is 24.4 Å². The van der Waals surface area contributed by atoms with Gasteiger partial charge in [-0.15, -0.1) is 0 Å². The number of H-pyrrole nitrogens is 1. The minimum absolute atomic E-state index is 0.0327. The van der Waals surface area contributed by atoms with E-state index in [-0.39, 0.29) is 12.1 Å². The van der Waals surface area contributed by atoms with Crippen molar-refractivity contribution < 1.29 is 4.74 Å². The van der Waals surface area contributed by atoms with E-state index in [1.165, 1.54) is 11.1 Å². The van der Waals surface area contributed by atoms with E-state index in [4.69, 9.17) is 14.7 Å². The van der Waals surface area contributed by atoms with Crippen LogP contribution in [0.3, 0.4) is 0 Å². The molecule has 1 N–H and O–H groups in total. The maximum absolute atomic E-state index is 6.24. The lowest BCUT2D eigenvalue weighted by Gasteiger charge is -2.34. The average molecular weight is 507 g/mol. The molecule has 2 aliphatic rings. The normalized spacial score (nSPS) is 19.6. The highest BCUT2D eigenvalue weighted by molar-refractivity contribution is 6.11. The second-order valence-corrected chi connectivity index (χ2v) is 10.5. The van der Waals surface area contributed by atoms with E-state index >= 15 is 0 Å². The number of imidazole rings is 1. The van der Waals surface area contributed by atoms with Crippen molar-refractivity contribution in [3.05, 3.63) is 83.7 Å². The maximum atomic E-state index is 6.24. The Balaban J connectivity index is 1.36. The average Bonchev–Trinajstić information content (AvgIpc) is 3.14. The number of ether oxygens (including phenoxy) is 1. The van der Waals surface area contributed by atoms with Crippen LogP contribution in [0.25, 0.3) is 22.2 Å². The third-order valence-corrected chi connectivity index (χ3v) is 7.27. The fourth-order valence-electron chi connectivity index (χ4n) is 5.55. The van der Waals surface area contributed by atoms with Gasteiger partial charge in [0.25, 0.3) is 0 Å². The van der Waals surface area contributed by atoms with Crippen molar-refractivity contribution in [2.45, 2.75) is 32.5 Å². The number of rotatable bonds is 4. The third kappa shape index (κ3) is 4.82. The highest BCUT2D eigenvalue weighted by Gasteiger charge is 2.32. The topological polar surface area (TPSA) is 69.1 Å². The first-order valence-electron chi connectivity index (χ1n) is 13.2. The summed E-state index contributed by atoms with van der Waals surface area (Å²) in [6, 6.07) is 23.5. The first kappa shape index (κ1) is 24.4. The molecule has 0 bridgehead atoms. The van der Waals surface area contributed by atoms with Gasteiger partial charge in [0.1, 0.15) is 24.0 Å². The van der Waals surface area contributed by atoms with Crippen LogP contribution in [0.1, 0.15) is 29.8 Å². The molecule has 194 valence electrons. The molecule has 6 rings (SSSR count). The van der Waals surface area contributed by atoms with E-state index in [0.29, 0.717) is 6.61 Å². The molecule has 2 unspecified atom stereocenters. The van der Waals surface area contributed by atoms with Gasteiger partial charge in [-0.25, -0.2) is 9.98 Å². The maximum Gasteiger partial charge on any atom is 0.154 e. The summed E-state index contributed by atoms with van der Waals surface area (Å²) in [5.41, 5.74) is 7.86. The van der Waals surface area contributed by atoms with Gasteiger partial charge in [0.15, 0.2) is 6.17 Å². The lowest BCUT2D eigenvalue weighted by Crippen LogP contribution is -2.43. The number of hydrogen-bond donors (Lipinski definition) is 1. The number of aliphatic imine (C=N–C) groups is 2. The van der Waals surface area contributed by atoms with Crippen LogP contribution < -0.4 is 4.74 Å². The minimum atomic E-state index is -0.112. The molecule has 38 heavy (non-hydrogen) atoms. The number of fused-ring (bicyclic) bond motifs is 2. The van der Waals surface area contributed by atoms with Gasteiger partial charge in [0.05, 0.1) is 23.5 Å². The van der Waals surface area contributed by atoms with Crippen molar-refractivity contribution in [2.24, 2.45) is 9.98 Å². The second kappa shape index (κ2) is 10.1. The molecule has 2 aliphatic heterocycles. The Morgan fingerprint density at radius 3 is 2.58 bits per heavy atom. The molecule has 7 nitrogen and oxygen atoms in total. The number of aromatic amines is 1. The molecule has 0 saturated heterocycles. The summed E-state index contributed by atoms with van der Waals surface area (Å²) in [4.78, 5) is 22.7. The van der Waals surface area contributed by atoms with E-state index in [9.17, 15) is 0 Å². The molecule has 3 heterocycles. The van der Waals surface area contributed by atoms with Crippen LogP contribution in [0.2, 0.25) is 0 Å². The molecular weight excluding hydrogens is 472 g/mol. The van der Waals surface area contributed by atoms with Gasteiger partial charge in [-0.2, -0.15) is 0 Å². The fraction of sp³-hybridized carbons (Fsp3) is 0.323. The number of benzene rings is 3. The lowest BCUT2D eigenvalue weighted by molar-refractivity contribution is 0.285. The first-order valence-corrected chi connectivity index (χ1v) is 13.2. The van der Waals surface area contributed by atoms with Crippen LogP contribution in [-0.4, -0.2) is 71.3 Å². The van der Waals surface area contributed by atoms with Gasteiger partial charge in [-0.3, -0.25) is 4.99 Å². The third-order valence-electron chi connectivity index (χ3n) is 7.27. The standard InChI is InChI=1S/C31H34N6O/c1-20-30(22-8-6-5-7-9-22)31(35-29(32-20)19-36(3)4)37-14-15-38-28-13-11-23(16-25(28)18-37)24-10-12-26-27(17-24)34-21(2)33-26/h5-13,16-17,29-30H,14-15,18-19H2,1-4H3,(H,33,34). The predicted molar refractivity (Wildman–Crippen MR) is 154 cm³/mol. The van der Waals surface area contributed by atoms with Crippen LogP contribution >= 0.6 is 0 Å². The quantitative estimate of drug-likeness (QED) is 0.409. The van der Waals surface area contributed by atoms with Gasteiger partial charge in [0.2, 0.25) is 0 Å². The van der Waals surface area contributed by atoms with Crippen LogP contribution in [0.5, 0.6) is 5.75 Å². The van der Waals surface area contributed by atoms with Gasteiger partial charge >= 0.3 is 0 Å². The van der Waals surface area contributed by atoms with Gasteiger partial charge in [-0.05, 0) is 68.9 Å². The number of amidine groups is 1. The van der Waals surface area contributed by atoms with Gasteiger partial charge < -0.3 is 19.5 Å². The van der Waals surface area contributed by atoms with Crippen molar-refractivity contribution in [1.29, 1.82) is 0 Å².